The van der Waals surface area contributed by atoms with Crippen molar-refractivity contribution in [3.8, 4) is 11.5 Å². The van der Waals surface area contributed by atoms with Crippen LogP contribution in [0.5, 0.6) is 11.5 Å². The van der Waals surface area contributed by atoms with E-state index < -0.39 is 13.2 Å². The predicted octanol–water partition coefficient (Wildman–Crippen LogP) is 5.46. The van der Waals surface area contributed by atoms with Crippen molar-refractivity contribution in [1.29, 1.82) is 0 Å². The largest absolute Gasteiger partial charge is 0.457 e. The van der Waals surface area contributed by atoms with Crippen molar-refractivity contribution in [2.75, 3.05) is 18.2 Å². The molecule has 162 valence electrons. The van der Waals surface area contributed by atoms with Crippen LogP contribution in [-0.4, -0.2) is 37.0 Å². The van der Waals surface area contributed by atoms with Crippen molar-refractivity contribution in [2.24, 2.45) is 0 Å². The van der Waals surface area contributed by atoms with Crippen LogP contribution in [0, 0.1) is 10.1 Å². The molecule has 0 saturated heterocycles. The van der Waals surface area contributed by atoms with Gasteiger partial charge in [-0.3, -0.25) is 14.9 Å². The maximum Gasteiger partial charge on any atom is 0.283 e. The molecule has 1 amide bonds. The molecule has 2 rings (SSSR count). The van der Waals surface area contributed by atoms with Crippen molar-refractivity contribution in [1.82, 2.24) is 4.98 Å². The van der Waals surface area contributed by atoms with Crippen molar-refractivity contribution in [2.45, 2.75) is 43.8 Å². The predicted molar refractivity (Wildman–Crippen MR) is 121 cm³/mol. The Kier molecular flexibility index (Phi) is 7.62. The van der Waals surface area contributed by atoms with Crippen molar-refractivity contribution in [3.63, 3.8) is 0 Å². The monoisotopic (exact) mass is 449 g/mol. The molecule has 30 heavy (non-hydrogen) atoms. The summed E-state index contributed by atoms with van der Waals surface area (Å²) in [5, 5.41) is 13.8. The van der Waals surface area contributed by atoms with Crippen molar-refractivity contribution < 1.29 is 18.9 Å². The molecule has 1 N–H and O–H groups in total. The number of hydrogen-bond acceptors (Lipinski definition) is 7. The summed E-state index contributed by atoms with van der Waals surface area (Å²) in [5.74, 6) is 0.953. The lowest BCUT2D eigenvalue weighted by Crippen LogP contribution is -2.42. The maximum absolute atomic E-state index is 12.3. The molecule has 0 atom stereocenters. The van der Waals surface area contributed by atoms with E-state index in [0.29, 0.717) is 22.2 Å². The fourth-order valence-corrected chi connectivity index (χ4v) is 3.70. The minimum atomic E-state index is -2.02. The number of thioether (sulfide) groups is 1. The van der Waals surface area contributed by atoms with E-state index in [4.69, 9.17) is 9.16 Å². The van der Waals surface area contributed by atoms with Gasteiger partial charge in [0.15, 0.2) is 8.32 Å². The number of benzene rings is 1. The van der Waals surface area contributed by atoms with E-state index in [1.54, 1.807) is 24.5 Å². The molecule has 0 saturated carbocycles. The first-order valence-corrected chi connectivity index (χ1v) is 13.5. The Hall–Kier alpha value is -2.43. The average Bonchev–Trinajstić information content (AvgIpc) is 2.65. The standard InChI is InChI=1S/C20H27N3O5SSi/c1-20(2,3)30(5,6)27-13-19(24)22-18-12-15(9-10-21-18)28-14-7-8-16(23(25)26)17(11-14)29-4/h7-12H,13H2,1-6H3,(H,21,22,24). The van der Waals surface area contributed by atoms with E-state index >= 15 is 0 Å². The number of nitro groups is 1. The van der Waals surface area contributed by atoms with Crippen LogP contribution in [0.15, 0.2) is 41.4 Å². The van der Waals surface area contributed by atoms with Gasteiger partial charge >= 0.3 is 0 Å². The van der Waals surface area contributed by atoms with E-state index in [0.717, 1.165) is 0 Å². The summed E-state index contributed by atoms with van der Waals surface area (Å²) in [6, 6.07) is 7.77. The van der Waals surface area contributed by atoms with E-state index in [1.807, 2.05) is 0 Å². The van der Waals surface area contributed by atoms with Crippen LogP contribution >= 0.6 is 11.8 Å². The molecular formula is C20H27N3O5SSi. The van der Waals surface area contributed by atoms with E-state index in [2.05, 4.69) is 44.2 Å². The second kappa shape index (κ2) is 9.58. The molecule has 1 aromatic heterocycles. The molecule has 10 heteroatoms. The van der Waals surface area contributed by atoms with Crippen LogP contribution in [-0.2, 0) is 9.22 Å². The van der Waals surface area contributed by atoms with Gasteiger partial charge in [0.2, 0.25) is 5.91 Å². The van der Waals surface area contributed by atoms with E-state index in [9.17, 15) is 14.9 Å². The molecule has 0 fully saturated rings. The number of rotatable bonds is 8. The molecule has 0 bridgehead atoms. The summed E-state index contributed by atoms with van der Waals surface area (Å²) in [7, 11) is -2.02. The maximum atomic E-state index is 12.3. The fourth-order valence-electron chi connectivity index (χ4n) is 2.19. The lowest BCUT2D eigenvalue weighted by Gasteiger charge is -2.35. The summed E-state index contributed by atoms with van der Waals surface area (Å²) in [5.41, 5.74) is 0.0271. The zero-order valence-corrected chi connectivity index (χ0v) is 19.8. The molecule has 0 aliphatic carbocycles. The second-order valence-corrected chi connectivity index (χ2v) is 13.8. The molecule has 1 heterocycles. The smallest absolute Gasteiger partial charge is 0.283 e. The number of anilines is 1. The molecule has 2 aromatic rings. The Morgan fingerprint density at radius 1 is 1.23 bits per heavy atom. The molecule has 1 aromatic carbocycles. The number of carbonyl (C=O) groups is 1. The second-order valence-electron chi connectivity index (χ2n) is 8.17. The number of aromatic nitrogens is 1. The Bertz CT molecular complexity index is 931. The highest BCUT2D eigenvalue weighted by Gasteiger charge is 2.37. The van der Waals surface area contributed by atoms with Gasteiger partial charge in [-0.15, -0.1) is 11.8 Å². The number of nitrogens with zero attached hydrogens (tertiary/aromatic N) is 2. The van der Waals surface area contributed by atoms with Gasteiger partial charge in [0.1, 0.15) is 23.9 Å². The van der Waals surface area contributed by atoms with Gasteiger partial charge in [0, 0.05) is 24.4 Å². The lowest BCUT2D eigenvalue weighted by atomic mass is 10.2. The van der Waals surface area contributed by atoms with Crippen LogP contribution in [0.4, 0.5) is 11.5 Å². The third-order valence-corrected chi connectivity index (χ3v) is 10.2. The first-order chi connectivity index (χ1) is 13.9. The number of carbonyl (C=O) groups excluding carboxylic acids is 1. The fraction of sp³-hybridized carbons (Fsp3) is 0.400. The lowest BCUT2D eigenvalue weighted by molar-refractivity contribution is -0.387. The van der Waals surface area contributed by atoms with Crippen LogP contribution in [0.3, 0.4) is 0 Å². The molecular weight excluding hydrogens is 422 g/mol. The summed E-state index contributed by atoms with van der Waals surface area (Å²) in [6.07, 6.45) is 3.28. The molecule has 0 unspecified atom stereocenters. The van der Waals surface area contributed by atoms with Gasteiger partial charge in [-0.2, -0.15) is 0 Å². The van der Waals surface area contributed by atoms with Gasteiger partial charge in [0.25, 0.3) is 5.69 Å². The van der Waals surface area contributed by atoms with Gasteiger partial charge in [-0.05, 0) is 36.5 Å². The molecule has 0 spiro atoms. The summed E-state index contributed by atoms with van der Waals surface area (Å²) >= 11 is 1.27. The number of pyridine rings is 1. The Morgan fingerprint density at radius 3 is 2.50 bits per heavy atom. The van der Waals surface area contributed by atoms with Crippen molar-refractivity contribution >= 4 is 37.5 Å². The van der Waals surface area contributed by atoms with Crippen LogP contribution in [0.25, 0.3) is 0 Å². The summed E-state index contributed by atoms with van der Waals surface area (Å²) in [6.45, 7) is 10.5. The SMILES string of the molecule is CSc1cc(Oc2ccnc(NC(=O)CO[Si](C)(C)C(C)(C)C)c2)ccc1[N+](=O)[O-]. The Morgan fingerprint density at radius 2 is 1.90 bits per heavy atom. The van der Waals surface area contributed by atoms with E-state index in [-0.39, 0.29) is 23.2 Å². The van der Waals surface area contributed by atoms with E-state index in [1.165, 1.54) is 30.1 Å². The summed E-state index contributed by atoms with van der Waals surface area (Å²) < 4.78 is 11.7. The first-order valence-electron chi connectivity index (χ1n) is 9.33. The minimum absolute atomic E-state index is 0.0136. The highest BCUT2D eigenvalue weighted by atomic mass is 32.2. The van der Waals surface area contributed by atoms with Crippen molar-refractivity contribution in [3.05, 3.63) is 46.6 Å². The molecule has 0 radical (unpaired) electrons. The Balaban J connectivity index is 2.05. The van der Waals surface area contributed by atoms with Gasteiger partial charge < -0.3 is 14.5 Å². The van der Waals surface area contributed by atoms with Crippen LogP contribution in [0.2, 0.25) is 18.1 Å². The molecule has 0 aliphatic rings. The normalized spacial score (nSPS) is 11.8. The topological polar surface area (TPSA) is 104 Å². The van der Waals surface area contributed by atoms with Crippen LogP contribution in [0.1, 0.15) is 20.8 Å². The number of hydrogen-bond donors (Lipinski definition) is 1. The van der Waals surface area contributed by atoms with Gasteiger partial charge in [-0.1, -0.05) is 20.8 Å². The third-order valence-electron chi connectivity index (χ3n) is 4.95. The zero-order valence-electron chi connectivity index (χ0n) is 18.0. The number of nitrogens with one attached hydrogen (secondary N) is 1. The minimum Gasteiger partial charge on any atom is -0.457 e. The molecule has 0 aliphatic heterocycles. The number of amides is 1. The van der Waals surface area contributed by atoms with Gasteiger partial charge in [0.05, 0.1) is 9.82 Å². The number of nitro benzene ring substituents is 1. The highest BCUT2D eigenvalue weighted by molar-refractivity contribution is 7.98. The average molecular weight is 450 g/mol. The zero-order chi connectivity index (χ0) is 22.5. The molecule has 8 nitrogen and oxygen atoms in total. The first kappa shape index (κ1) is 23.8. The van der Waals surface area contributed by atoms with Crippen LogP contribution < -0.4 is 10.1 Å². The quantitative estimate of drug-likeness (QED) is 0.247. The third kappa shape index (κ3) is 6.28. The Labute approximate surface area is 181 Å². The number of ether oxygens (including phenoxy) is 1. The summed E-state index contributed by atoms with van der Waals surface area (Å²) in [4.78, 5) is 27.6. The highest BCUT2D eigenvalue weighted by Crippen LogP contribution is 2.36. The van der Waals surface area contributed by atoms with Gasteiger partial charge in [-0.25, -0.2) is 4.98 Å².